The predicted molar refractivity (Wildman–Crippen MR) is 60.6 cm³/mol. The van der Waals surface area contributed by atoms with Crippen LogP contribution in [0.5, 0.6) is 0 Å². The van der Waals surface area contributed by atoms with E-state index in [0.29, 0.717) is 5.41 Å². The zero-order valence-electron chi connectivity index (χ0n) is 10.3. The first-order valence-electron chi connectivity index (χ1n) is 5.26. The maximum atomic E-state index is 5.57. The summed E-state index contributed by atoms with van der Waals surface area (Å²) in [7, 11) is 0. The van der Waals surface area contributed by atoms with Crippen LogP contribution in [0.15, 0.2) is 16.7 Å². The van der Waals surface area contributed by atoms with Gasteiger partial charge >= 0.3 is 0 Å². The molecule has 1 heteroatoms. The summed E-state index contributed by atoms with van der Waals surface area (Å²) in [5.41, 5.74) is 1.76. The van der Waals surface area contributed by atoms with E-state index in [1.165, 1.54) is 5.56 Å². The molecule has 0 saturated carbocycles. The van der Waals surface area contributed by atoms with E-state index in [2.05, 4.69) is 47.6 Å². The second-order valence-corrected chi connectivity index (χ2v) is 6.31. The van der Waals surface area contributed by atoms with Gasteiger partial charge in [-0.25, -0.2) is 0 Å². The Kier molecular flexibility index (Phi) is 2.80. The molecule has 1 nitrogen and oxygen atoms in total. The van der Waals surface area contributed by atoms with Crippen LogP contribution < -0.4 is 0 Å². The minimum atomic E-state index is 0.121. The SMILES string of the molecule is CC(C)(C)Cc1coc(C(C)(C)C)c1. The first kappa shape index (κ1) is 11.4. The van der Waals surface area contributed by atoms with E-state index in [1.807, 2.05) is 6.26 Å². The van der Waals surface area contributed by atoms with Crippen molar-refractivity contribution in [2.75, 3.05) is 0 Å². The van der Waals surface area contributed by atoms with Crippen molar-refractivity contribution in [1.29, 1.82) is 0 Å². The normalized spacial score (nSPS) is 13.3. The van der Waals surface area contributed by atoms with Crippen molar-refractivity contribution in [3.63, 3.8) is 0 Å². The molecule has 0 saturated heterocycles. The molecule has 0 aliphatic rings. The van der Waals surface area contributed by atoms with Crippen LogP contribution in [0.2, 0.25) is 0 Å². The lowest BCUT2D eigenvalue weighted by Crippen LogP contribution is -2.10. The first-order valence-corrected chi connectivity index (χ1v) is 5.26. The molecule has 1 heterocycles. The van der Waals surface area contributed by atoms with Crippen LogP contribution in [0.1, 0.15) is 52.9 Å². The lowest BCUT2D eigenvalue weighted by Gasteiger charge is -2.16. The standard InChI is InChI=1S/C13H22O/c1-12(2,3)8-10-7-11(14-9-10)13(4,5)6/h7,9H,8H2,1-6H3. The van der Waals surface area contributed by atoms with Crippen molar-refractivity contribution in [2.24, 2.45) is 5.41 Å². The Morgan fingerprint density at radius 1 is 1.07 bits per heavy atom. The highest BCUT2D eigenvalue weighted by Gasteiger charge is 2.20. The molecule has 0 radical (unpaired) electrons. The molecule has 0 aliphatic carbocycles. The number of rotatable bonds is 1. The molecular weight excluding hydrogens is 172 g/mol. The largest absolute Gasteiger partial charge is 0.469 e. The Bertz CT molecular complexity index is 294. The van der Waals surface area contributed by atoms with Crippen LogP contribution in [0, 0.1) is 5.41 Å². The van der Waals surface area contributed by atoms with Gasteiger partial charge in [0.15, 0.2) is 0 Å². The minimum absolute atomic E-state index is 0.121. The number of hydrogen-bond donors (Lipinski definition) is 0. The van der Waals surface area contributed by atoms with Crippen LogP contribution in [0.3, 0.4) is 0 Å². The van der Waals surface area contributed by atoms with Crippen LogP contribution in [0.25, 0.3) is 0 Å². The maximum Gasteiger partial charge on any atom is 0.109 e. The smallest absolute Gasteiger partial charge is 0.109 e. The molecule has 0 aromatic carbocycles. The number of furan rings is 1. The zero-order valence-corrected chi connectivity index (χ0v) is 10.3. The van der Waals surface area contributed by atoms with Crippen LogP contribution in [0.4, 0.5) is 0 Å². The first-order chi connectivity index (χ1) is 6.18. The third-order valence-corrected chi connectivity index (χ3v) is 2.13. The van der Waals surface area contributed by atoms with Crippen molar-refractivity contribution in [2.45, 2.75) is 53.4 Å². The second-order valence-electron chi connectivity index (χ2n) is 6.31. The Balaban J connectivity index is 2.79. The van der Waals surface area contributed by atoms with E-state index >= 15 is 0 Å². The highest BCUT2D eigenvalue weighted by molar-refractivity contribution is 5.19. The van der Waals surface area contributed by atoms with Crippen molar-refractivity contribution >= 4 is 0 Å². The molecule has 0 amide bonds. The van der Waals surface area contributed by atoms with E-state index in [9.17, 15) is 0 Å². The summed E-state index contributed by atoms with van der Waals surface area (Å²) in [5.74, 6) is 1.08. The predicted octanol–water partition coefficient (Wildman–Crippen LogP) is 4.17. The zero-order chi connectivity index (χ0) is 11.0. The lowest BCUT2D eigenvalue weighted by atomic mass is 9.87. The molecule has 14 heavy (non-hydrogen) atoms. The average molecular weight is 194 g/mol. The molecule has 1 rings (SSSR count). The molecule has 1 aromatic heterocycles. The van der Waals surface area contributed by atoms with Gasteiger partial charge in [0, 0.05) is 5.41 Å². The van der Waals surface area contributed by atoms with Gasteiger partial charge in [-0.2, -0.15) is 0 Å². The van der Waals surface area contributed by atoms with Crippen molar-refractivity contribution in [3.05, 3.63) is 23.7 Å². The van der Waals surface area contributed by atoms with Gasteiger partial charge in [0.1, 0.15) is 5.76 Å². The van der Waals surface area contributed by atoms with Gasteiger partial charge < -0.3 is 4.42 Å². The topological polar surface area (TPSA) is 13.1 Å². The molecule has 0 bridgehead atoms. The van der Waals surface area contributed by atoms with Gasteiger partial charge in [-0.1, -0.05) is 41.5 Å². The fourth-order valence-electron chi connectivity index (χ4n) is 1.47. The summed E-state index contributed by atoms with van der Waals surface area (Å²) in [6.07, 6.45) is 2.97. The molecule has 0 N–H and O–H groups in total. The monoisotopic (exact) mass is 194 g/mol. The van der Waals surface area contributed by atoms with Gasteiger partial charge in [-0.05, 0) is 23.5 Å². The van der Waals surface area contributed by atoms with Crippen molar-refractivity contribution in [3.8, 4) is 0 Å². The summed E-state index contributed by atoms with van der Waals surface area (Å²) in [6.45, 7) is 13.3. The lowest BCUT2D eigenvalue weighted by molar-refractivity contribution is 0.399. The van der Waals surface area contributed by atoms with E-state index in [1.54, 1.807) is 0 Å². The second kappa shape index (κ2) is 3.45. The van der Waals surface area contributed by atoms with Crippen molar-refractivity contribution < 1.29 is 4.42 Å². The Hall–Kier alpha value is -0.720. The Morgan fingerprint density at radius 2 is 1.64 bits per heavy atom. The van der Waals surface area contributed by atoms with E-state index in [-0.39, 0.29) is 5.41 Å². The van der Waals surface area contributed by atoms with Gasteiger partial charge in [-0.15, -0.1) is 0 Å². The quantitative estimate of drug-likeness (QED) is 0.654. The van der Waals surface area contributed by atoms with Gasteiger partial charge in [0.25, 0.3) is 0 Å². The minimum Gasteiger partial charge on any atom is -0.469 e. The third-order valence-electron chi connectivity index (χ3n) is 2.13. The van der Waals surface area contributed by atoms with E-state index in [4.69, 9.17) is 4.42 Å². The Labute approximate surface area is 87.5 Å². The average Bonchev–Trinajstić information content (AvgIpc) is 2.29. The van der Waals surface area contributed by atoms with Crippen molar-refractivity contribution in [1.82, 2.24) is 0 Å². The molecular formula is C13H22O. The fraction of sp³-hybridized carbons (Fsp3) is 0.692. The van der Waals surface area contributed by atoms with Crippen LogP contribution in [-0.4, -0.2) is 0 Å². The fourth-order valence-corrected chi connectivity index (χ4v) is 1.47. The summed E-state index contributed by atoms with van der Waals surface area (Å²) < 4.78 is 5.57. The molecule has 80 valence electrons. The highest BCUT2D eigenvalue weighted by atomic mass is 16.3. The third kappa shape index (κ3) is 3.21. The van der Waals surface area contributed by atoms with Gasteiger partial charge in [-0.3, -0.25) is 0 Å². The number of hydrogen-bond acceptors (Lipinski definition) is 1. The van der Waals surface area contributed by atoms with Gasteiger partial charge in [0.2, 0.25) is 0 Å². The van der Waals surface area contributed by atoms with Crippen LogP contribution >= 0.6 is 0 Å². The van der Waals surface area contributed by atoms with E-state index < -0.39 is 0 Å². The highest BCUT2D eigenvalue weighted by Crippen LogP contribution is 2.27. The summed E-state index contributed by atoms with van der Waals surface area (Å²) in [5, 5.41) is 0. The molecule has 0 fully saturated rings. The molecule has 0 unspecified atom stereocenters. The molecule has 1 aromatic rings. The van der Waals surface area contributed by atoms with Gasteiger partial charge in [0.05, 0.1) is 6.26 Å². The Morgan fingerprint density at radius 3 is 2.00 bits per heavy atom. The summed E-state index contributed by atoms with van der Waals surface area (Å²) >= 11 is 0. The maximum absolute atomic E-state index is 5.57. The van der Waals surface area contributed by atoms with Crippen LogP contribution in [-0.2, 0) is 11.8 Å². The molecule has 0 spiro atoms. The summed E-state index contributed by atoms with van der Waals surface area (Å²) in [4.78, 5) is 0. The molecule has 0 aliphatic heterocycles. The molecule has 0 atom stereocenters. The summed E-state index contributed by atoms with van der Waals surface area (Å²) in [6, 6.07) is 2.19. The van der Waals surface area contributed by atoms with E-state index in [0.717, 1.165) is 12.2 Å².